The maximum Gasteiger partial charge on any atom is 0.408 e. The third kappa shape index (κ3) is 5.84. The fraction of sp³-hybridized carbons (Fsp3) is 0.645. The second kappa shape index (κ2) is 10.9. The average Bonchev–Trinajstić information content (AvgIpc) is 3.42. The molecule has 232 valence electrons. The van der Waals surface area contributed by atoms with Gasteiger partial charge in [0, 0.05) is 12.8 Å². The minimum atomic E-state index is -3.36. The van der Waals surface area contributed by atoms with Crippen LogP contribution in [0.3, 0.4) is 0 Å². The number of hydrogen-bond donors (Lipinski definition) is 2. The number of rotatable bonds is 1. The number of carboxylic acid groups (broad SMARTS) is 1. The van der Waals surface area contributed by atoms with Gasteiger partial charge in [0.1, 0.15) is 24.3 Å². The molecule has 1 aromatic heterocycles. The fourth-order valence-electron chi connectivity index (χ4n) is 7.12. The molecule has 3 fully saturated rings. The number of ether oxygens (including phenoxy) is 2. The standard InChI is InChI=1S/C31H38F2N4O6/c1-30(2,3)25-27(38)37-15-17(14-22(37)28(39)40)42-26-24(34-20-9-4-5-10-21(20)35-26)31(32,33)11-7-6-8-18-19-12-16(19)13-23(18)43-29(41)36-25/h4-5,9-10,16-19,22-23,25H,6-8,11-15H2,1-3H3,(H,36,41)(H,39,40)/t16-,17+,18+,19-,22-,23+,25+/m0/s1. The lowest BCUT2D eigenvalue weighted by molar-refractivity contribution is -0.150. The Morgan fingerprint density at radius 1 is 1.05 bits per heavy atom. The minimum Gasteiger partial charge on any atom is -0.480 e. The molecule has 6 rings (SSSR count). The number of carbonyl (C=O) groups excluding carboxylic acids is 2. The Morgan fingerprint density at radius 3 is 2.47 bits per heavy atom. The van der Waals surface area contributed by atoms with Crippen LogP contribution in [0, 0.1) is 23.2 Å². The lowest BCUT2D eigenvalue weighted by Crippen LogP contribution is -2.57. The van der Waals surface area contributed by atoms with Gasteiger partial charge in [-0.15, -0.1) is 0 Å². The van der Waals surface area contributed by atoms with Crippen LogP contribution in [0.15, 0.2) is 24.3 Å². The van der Waals surface area contributed by atoms with Gasteiger partial charge < -0.3 is 24.8 Å². The fourth-order valence-corrected chi connectivity index (χ4v) is 7.12. The molecule has 0 radical (unpaired) electrons. The van der Waals surface area contributed by atoms with Gasteiger partial charge in [0.25, 0.3) is 5.92 Å². The molecule has 0 unspecified atom stereocenters. The SMILES string of the molecule is CC(C)(C)[C@@H]1NC(=O)O[C@@H]2C[C@@H]3C[C@@H]3[C@H]2CCCCC(F)(F)c2nc3ccccc3nc2O[C@@H]2C[C@@H](C(=O)O)N(C2)C1=O. The van der Waals surface area contributed by atoms with Gasteiger partial charge in [-0.25, -0.2) is 19.6 Å². The predicted molar refractivity (Wildman–Crippen MR) is 150 cm³/mol. The lowest BCUT2D eigenvalue weighted by Gasteiger charge is -2.35. The number of aliphatic carboxylic acids is 1. The van der Waals surface area contributed by atoms with Gasteiger partial charge in [0.15, 0.2) is 5.69 Å². The zero-order valence-corrected chi connectivity index (χ0v) is 24.6. The molecule has 4 aliphatic rings. The summed E-state index contributed by atoms with van der Waals surface area (Å²) in [7, 11) is 0. The number of para-hydroxylation sites is 2. The molecule has 2 aliphatic carbocycles. The number of halogens is 2. The monoisotopic (exact) mass is 600 g/mol. The summed E-state index contributed by atoms with van der Waals surface area (Å²) in [6.45, 7) is 5.13. The van der Waals surface area contributed by atoms with E-state index in [9.17, 15) is 19.5 Å². The molecule has 1 aromatic carbocycles. The normalized spacial score (nSPS) is 32.8. The van der Waals surface area contributed by atoms with Crippen molar-refractivity contribution in [1.82, 2.24) is 20.2 Å². The first-order valence-electron chi connectivity index (χ1n) is 15.1. The van der Waals surface area contributed by atoms with Crippen molar-refractivity contribution in [3.8, 4) is 5.88 Å². The Labute approximate surface area is 248 Å². The third-order valence-corrected chi connectivity index (χ3v) is 9.45. The van der Waals surface area contributed by atoms with Gasteiger partial charge in [-0.2, -0.15) is 8.78 Å². The highest BCUT2D eigenvalue weighted by atomic mass is 19.3. The van der Waals surface area contributed by atoms with Gasteiger partial charge in [0.2, 0.25) is 11.8 Å². The first kappa shape index (κ1) is 29.5. The smallest absolute Gasteiger partial charge is 0.408 e. The molecule has 2 bridgehead atoms. The number of nitrogens with zero attached hydrogens (tertiary/aromatic N) is 3. The van der Waals surface area contributed by atoms with E-state index in [0.29, 0.717) is 35.7 Å². The summed E-state index contributed by atoms with van der Waals surface area (Å²) in [6, 6.07) is 4.28. The first-order valence-corrected chi connectivity index (χ1v) is 15.1. The highest BCUT2D eigenvalue weighted by molar-refractivity contribution is 5.90. The molecule has 2 N–H and O–H groups in total. The highest BCUT2D eigenvalue weighted by Crippen LogP contribution is 2.58. The van der Waals surface area contributed by atoms with E-state index in [1.807, 2.05) is 0 Å². The van der Waals surface area contributed by atoms with E-state index in [-0.39, 0.29) is 37.3 Å². The number of alkyl carbamates (subject to hydrolysis) is 1. The molecule has 2 amide bonds. The molecular weight excluding hydrogens is 562 g/mol. The molecule has 2 aliphatic heterocycles. The molecule has 7 atom stereocenters. The molecule has 1 saturated heterocycles. The quantitative estimate of drug-likeness (QED) is 0.473. The Morgan fingerprint density at radius 2 is 1.77 bits per heavy atom. The van der Waals surface area contributed by atoms with Gasteiger partial charge >= 0.3 is 12.1 Å². The number of hydrogen-bond acceptors (Lipinski definition) is 7. The van der Waals surface area contributed by atoms with Gasteiger partial charge in [0.05, 0.1) is 17.6 Å². The third-order valence-electron chi connectivity index (χ3n) is 9.45. The number of amides is 2. The largest absolute Gasteiger partial charge is 0.480 e. The Bertz CT molecular complexity index is 1430. The van der Waals surface area contributed by atoms with Crippen LogP contribution in [0.25, 0.3) is 11.0 Å². The van der Waals surface area contributed by atoms with E-state index in [4.69, 9.17) is 9.47 Å². The van der Waals surface area contributed by atoms with Crippen molar-refractivity contribution >= 4 is 29.0 Å². The van der Waals surface area contributed by atoms with E-state index < -0.39 is 59.6 Å². The van der Waals surface area contributed by atoms with E-state index in [1.54, 1.807) is 45.0 Å². The molecule has 12 heteroatoms. The van der Waals surface area contributed by atoms with Crippen molar-refractivity contribution in [3.05, 3.63) is 30.0 Å². The van der Waals surface area contributed by atoms with Crippen LogP contribution in [0.2, 0.25) is 0 Å². The van der Waals surface area contributed by atoms with Crippen LogP contribution in [-0.4, -0.2) is 68.8 Å². The molecule has 2 aromatic rings. The molecule has 10 nitrogen and oxygen atoms in total. The van der Waals surface area contributed by atoms with Crippen molar-refractivity contribution < 1.29 is 37.7 Å². The van der Waals surface area contributed by atoms with Crippen molar-refractivity contribution in [2.45, 2.75) is 95.9 Å². The number of benzene rings is 1. The van der Waals surface area contributed by atoms with E-state index >= 15 is 8.78 Å². The maximum atomic E-state index is 15.8. The Kier molecular flexibility index (Phi) is 7.45. The molecule has 2 saturated carbocycles. The predicted octanol–water partition coefficient (Wildman–Crippen LogP) is 4.89. The second-order valence-electron chi connectivity index (χ2n) is 13.6. The van der Waals surface area contributed by atoms with Gasteiger partial charge in [-0.05, 0) is 61.0 Å². The molecule has 0 spiro atoms. The summed E-state index contributed by atoms with van der Waals surface area (Å²) in [5.74, 6) is -4.64. The molecular formula is C31H38F2N4O6. The Balaban J connectivity index is 1.37. The summed E-state index contributed by atoms with van der Waals surface area (Å²) >= 11 is 0. The highest BCUT2D eigenvalue weighted by Gasteiger charge is 2.55. The van der Waals surface area contributed by atoms with Crippen LogP contribution in [0.1, 0.15) is 71.4 Å². The van der Waals surface area contributed by atoms with Crippen LogP contribution >= 0.6 is 0 Å². The van der Waals surface area contributed by atoms with Gasteiger partial charge in [-0.3, -0.25) is 4.79 Å². The van der Waals surface area contributed by atoms with E-state index in [0.717, 1.165) is 17.7 Å². The zero-order chi connectivity index (χ0) is 30.7. The number of carbonyl (C=O) groups is 3. The summed E-state index contributed by atoms with van der Waals surface area (Å²) in [5.41, 5.74) is -0.711. The van der Waals surface area contributed by atoms with Crippen LogP contribution in [-0.2, 0) is 20.2 Å². The van der Waals surface area contributed by atoms with E-state index in [1.165, 1.54) is 0 Å². The van der Waals surface area contributed by atoms with Gasteiger partial charge in [-0.1, -0.05) is 39.3 Å². The summed E-state index contributed by atoms with van der Waals surface area (Å²) in [5, 5.41) is 12.8. The van der Waals surface area contributed by atoms with Crippen LogP contribution < -0.4 is 10.1 Å². The van der Waals surface area contributed by atoms with Crippen molar-refractivity contribution in [1.29, 1.82) is 0 Å². The summed E-state index contributed by atoms with van der Waals surface area (Å²) in [4.78, 5) is 49.1. The van der Waals surface area contributed by atoms with Crippen molar-refractivity contribution in [3.63, 3.8) is 0 Å². The molecule has 43 heavy (non-hydrogen) atoms. The summed E-state index contributed by atoms with van der Waals surface area (Å²) < 4.78 is 43.5. The summed E-state index contributed by atoms with van der Waals surface area (Å²) in [6.07, 6.45) is 0.543. The maximum absolute atomic E-state index is 15.8. The topological polar surface area (TPSA) is 131 Å². The van der Waals surface area contributed by atoms with E-state index in [2.05, 4.69) is 15.3 Å². The number of fused-ring (bicyclic) bond motifs is 7. The van der Waals surface area contributed by atoms with Crippen molar-refractivity contribution in [2.75, 3.05) is 6.54 Å². The zero-order valence-electron chi connectivity index (χ0n) is 24.6. The lowest BCUT2D eigenvalue weighted by atomic mass is 9.85. The van der Waals surface area contributed by atoms with Crippen LogP contribution in [0.5, 0.6) is 5.88 Å². The van der Waals surface area contributed by atoms with Crippen LogP contribution in [0.4, 0.5) is 13.6 Å². The number of alkyl halides is 2. The number of aromatic nitrogens is 2. The average molecular weight is 601 g/mol. The minimum absolute atomic E-state index is 0.0714. The number of carboxylic acids is 1. The molecule has 3 heterocycles. The number of nitrogens with one attached hydrogen (secondary N) is 1. The van der Waals surface area contributed by atoms with Crippen molar-refractivity contribution in [2.24, 2.45) is 23.2 Å². The first-order chi connectivity index (χ1) is 20.3. The second-order valence-corrected chi connectivity index (χ2v) is 13.6. The Hall–Kier alpha value is -3.57.